The van der Waals surface area contributed by atoms with Gasteiger partial charge in [-0.1, -0.05) is 23.7 Å². The van der Waals surface area contributed by atoms with E-state index in [0.29, 0.717) is 27.3 Å². The quantitative estimate of drug-likeness (QED) is 0.737. The number of ether oxygens (including phenoxy) is 1. The second-order valence-electron chi connectivity index (χ2n) is 4.86. The Morgan fingerprint density at radius 3 is 2.58 bits per heavy atom. The van der Waals surface area contributed by atoms with Crippen molar-refractivity contribution in [2.24, 2.45) is 0 Å². The summed E-state index contributed by atoms with van der Waals surface area (Å²) in [5.41, 5.74) is 2.01. The summed E-state index contributed by atoms with van der Waals surface area (Å²) in [5.74, 6) is -1.09. The Morgan fingerprint density at radius 2 is 1.79 bits per heavy atom. The summed E-state index contributed by atoms with van der Waals surface area (Å²) in [7, 11) is 0. The van der Waals surface area contributed by atoms with Crippen LogP contribution in [0.15, 0.2) is 54.9 Å². The molecule has 24 heavy (non-hydrogen) atoms. The van der Waals surface area contributed by atoms with Crippen molar-refractivity contribution in [3.8, 4) is 0 Å². The van der Waals surface area contributed by atoms with Crippen LogP contribution in [0, 0.1) is 0 Å². The van der Waals surface area contributed by atoms with E-state index in [1.54, 1.807) is 48.7 Å². The Labute approximate surface area is 142 Å². The summed E-state index contributed by atoms with van der Waals surface area (Å²) in [6.45, 7) is -0.414. The molecular formula is C17H12ClN3O3. The van der Waals surface area contributed by atoms with Crippen molar-refractivity contribution < 1.29 is 14.3 Å². The van der Waals surface area contributed by atoms with Crippen LogP contribution in [0.1, 0.15) is 10.4 Å². The summed E-state index contributed by atoms with van der Waals surface area (Å²) in [6.07, 6.45) is 3.11. The van der Waals surface area contributed by atoms with Gasteiger partial charge in [-0.25, -0.2) is 4.79 Å². The molecule has 0 spiro atoms. The zero-order chi connectivity index (χ0) is 16.9. The van der Waals surface area contributed by atoms with Gasteiger partial charge in [0, 0.05) is 12.4 Å². The van der Waals surface area contributed by atoms with Crippen LogP contribution in [0.4, 0.5) is 5.69 Å². The van der Waals surface area contributed by atoms with Gasteiger partial charge < -0.3 is 10.1 Å². The third kappa shape index (κ3) is 3.67. The Bertz CT molecular complexity index is 914. The molecule has 0 fully saturated rings. The second-order valence-corrected chi connectivity index (χ2v) is 5.27. The highest BCUT2D eigenvalue weighted by atomic mass is 35.5. The van der Waals surface area contributed by atoms with Gasteiger partial charge in [-0.2, -0.15) is 0 Å². The van der Waals surface area contributed by atoms with Crippen molar-refractivity contribution in [2.45, 2.75) is 0 Å². The Morgan fingerprint density at radius 1 is 1.04 bits per heavy atom. The molecule has 0 saturated carbocycles. The van der Waals surface area contributed by atoms with Crippen molar-refractivity contribution in [2.75, 3.05) is 11.9 Å². The minimum atomic E-state index is -0.614. The molecule has 3 aromatic rings. The Kier molecular flexibility index (Phi) is 4.67. The zero-order valence-electron chi connectivity index (χ0n) is 12.4. The van der Waals surface area contributed by atoms with Gasteiger partial charge in [-0.05, 0) is 30.3 Å². The first-order valence-electron chi connectivity index (χ1n) is 7.06. The van der Waals surface area contributed by atoms with E-state index in [1.807, 2.05) is 0 Å². The maximum atomic E-state index is 12.0. The number of esters is 1. The second kappa shape index (κ2) is 7.06. The highest BCUT2D eigenvalue weighted by molar-refractivity contribution is 6.33. The van der Waals surface area contributed by atoms with E-state index in [2.05, 4.69) is 15.3 Å². The first-order valence-corrected chi connectivity index (χ1v) is 7.43. The zero-order valence-corrected chi connectivity index (χ0v) is 13.2. The molecule has 1 heterocycles. The molecule has 2 aromatic carbocycles. The molecule has 6 nitrogen and oxygen atoms in total. The number of aromatic nitrogens is 2. The van der Waals surface area contributed by atoms with E-state index in [9.17, 15) is 9.59 Å². The number of carbonyl (C=O) groups is 2. The normalized spacial score (nSPS) is 10.4. The molecule has 120 valence electrons. The molecule has 0 aliphatic rings. The maximum Gasteiger partial charge on any atom is 0.338 e. The number of nitrogens with one attached hydrogen (secondary N) is 1. The van der Waals surface area contributed by atoms with Crippen LogP contribution in [-0.2, 0) is 9.53 Å². The lowest BCUT2D eigenvalue weighted by Gasteiger charge is -2.08. The van der Waals surface area contributed by atoms with Crippen LogP contribution in [0.5, 0.6) is 0 Å². The van der Waals surface area contributed by atoms with Gasteiger partial charge in [0.15, 0.2) is 6.61 Å². The van der Waals surface area contributed by atoms with Crippen LogP contribution in [0.2, 0.25) is 5.02 Å². The van der Waals surface area contributed by atoms with Crippen LogP contribution in [-0.4, -0.2) is 28.5 Å². The van der Waals surface area contributed by atoms with E-state index in [4.69, 9.17) is 16.3 Å². The number of benzene rings is 2. The minimum Gasteiger partial charge on any atom is -0.452 e. The van der Waals surface area contributed by atoms with Gasteiger partial charge in [0.2, 0.25) is 0 Å². The Hall–Kier alpha value is -2.99. The largest absolute Gasteiger partial charge is 0.452 e. The lowest BCUT2D eigenvalue weighted by Crippen LogP contribution is -2.21. The van der Waals surface area contributed by atoms with Crippen LogP contribution in [0.25, 0.3) is 11.0 Å². The highest BCUT2D eigenvalue weighted by Gasteiger charge is 2.12. The van der Waals surface area contributed by atoms with Gasteiger partial charge >= 0.3 is 5.97 Å². The van der Waals surface area contributed by atoms with Gasteiger partial charge in [0.1, 0.15) is 0 Å². The summed E-state index contributed by atoms with van der Waals surface area (Å²) in [5, 5.41) is 2.98. The fourth-order valence-corrected chi connectivity index (χ4v) is 2.24. The molecule has 0 aliphatic carbocycles. The standard InChI is InChI=1S/C17H12ClN3O3/c18-12-3-1-2-4-13(12)21-16(22)10-24-17(23)11-5-6-14-15(9-11)20-8-7-19-14/h1-9H,10H2,(H,21,22). The lowest BCUT2D eigenvalue weighted by atomic mass is 10.2. The smallest absolute Gasteiger partial charge is 0.338 e. The molecular weight excluding hydrogens is 330 g/mol. The third-order valence-corrected chi connectivity index (χ3v) is 3.52. The van der Waals surface area contributed by atoms with Crippen LogP contribution < -0.4 is 5.32 Å². The van der Waals surface area contributed by atoms with Crippen molar-refractivity contribution in [1.82, 2.24) is 9.97 Å². The monoisotopic (exact) mass is 341 g/mol. The highest BCUT2D eigenvalue weighted by Crippen LogP contribution is 2.20. The van der Waals surface area contributed by atoms with E-state index < -0.39 is 18.5 Å². The predicted octanol–water partition coefficient (Wildman–Crippen LogP) is 3.08. The average molecular weight is 342 g/mol. The summed E-state index contributed by atoms with van der Waals surface area (Å²) in [4.78, 5) is 32.1. The molecule has 3 rings (SSSR count). The number of carbonyl (C=O) groups excluding carboxylic acids is 2. The number of hydrogen-bond acceptors (Lipinski definition) is 5. The third-order valence-electron chi connectivity index (χ3n) is 3.19. The number of halogens is 1. The van der Waals surface area contributed by atoms with Crippen molar-refractivity contribution in [3.63, 3.8) is 0 Å². The number of anilines is 1. The van der Waals surface area contributed by atoms with Gasteiger partial charge in [0.25, 0.3) is 5.91 Å². The molecule has 1 aromatic heterocycles. The van der Waals surface area contributed by atoms with E-state index in [1.165, 1.54) is 6.20 Å². The average Bonchev–Trinajstić information content (AvgIpc) is 2.61. The molecule has 0 aliphatic heterocycles. The summed E-state index contributed by atoms with van der Waals surface area (Å²) >= 11 is 5.95. The number of nitrogens with zero attached hydrogens (tertiary/aromatic N) is 2. The van der Waals surface area contributed by atoms with Gasteiger partial charge in [0.05, 0.1) is 27.3 Å². The van der Waals surface area contributed by atoms with Crippen LogP contribution >= 0.6 is 11.6 Å². The molecule has 0 saturated heterocycles. The fourth-order valence-electron chi connectivity index (χ4n) is 2.05. The minimum absolute atomic E-state index is 0.300. The maximum absolute atomic E-state index is 12.0. The number of fused-ring (bicyclic) bond motifs is 1. The molecule has 0 bridgehead atoms. The van der Waals surface area contributed by atoms with E-state index in [0.717, 1.165) is 0 Å². The Balaban J connectivity index is 1.62. The van der Waals surface area contributed by atoms with Gasteiger partial charge in [-0.15, -0.1) is 0 Å². The fraction of sp³-hybridized carbons (Fsp3) is 0.0588. The number of amides is 1. The van der Waals surface area contributed by atoms with E-state index >= 15 is 0 Å². The molecule has 0 radical (unpaired) electrons. The molecule has 7 heteroatoms. The van der Waals surface area contributed by atoms with Crippen LogP contribution in [0.3, 0.4) is 0 Å². The number of hydrogen-bond donors (Lipinski definition) is 1. The van der Waals surface area contributed by atoms with Crippen molar-refractivity contribution in [1.29, 1.82) is 0 Å². The first-order chi connectivity index (χ1) is 11.6. The topological polar surface area (TPSA) is 81.2 Å². The number of para-hydroxylation sites is 1. The first kappa shape index (κ1) is 15.9. The SMILES string of the molecule is O=C(COC(=O)c1ccc2nccnc2c1)Nc1ccccc1Cl. The molecule has 1 N–H and O–H groups in total. The lowest BCUT2D eigenvalue weighted by molar-refractivity contribution is -0.119. The predicted molar refractivity (Wildman–Crippen MR) is 89.9 cm³/mol. The summed E-state index contributed by atoms with van der Waals surface area (Å²) in [6, 6.07) is 11.6. The molecule has 0 unspecified atom stereocenters. The molecule has 1 amide bonds. The van der Waals surface area contributed by atoms with Crippen molar-refractivity contribution in [3.05, 3.63) is 65.4 Å². The van der Waals surface area contributed by atoms with Crippen molar-refractivity contribution >= 4 is 40.2 Å². The van der Waals surface area contributed by atoms with Gasteiger partial charge in [-0.3, -0.25) is 14.8 Å². The molecule has 0 atom stereocenters. The number of rotatable bonds is 4. The summed E-state index contributed by atoms with van der Waals surface area (Å²) < 4.78 is 5.01. The van der Waals surface area contributed by atoms with E-state index in [-0.39, 0.29) is 0 Å².